The molecule has 1 aliphatic rings. The number of halogens is 1. The molecule has 0 bridgehead atoms. The van der Waals surface area contributed by atoms with Crippen molar-refractivity contribution in [1.29, 1.82) is 0 Å². The minimum Gasteiger partial charge on any atom is -0.381 e. The van der Waals surface area contributed by atoms with Gasteiger partial charge in [0.1, 0.15) is 11.6 Å². The molecule has 1 atom stereocenters. The molecule has 22 heavy (non-hydrogen) atoms. The highest BCUT2D eigenvalue weighted by molar-refractivity contribution is 5.41. The van der Waals surface area contributed by atoms with Crippen molar-refractivity contribution < 1.29 is 9.13 Å². The zero-order valence-corrected chi connectivity index (χ0v) is 12.3. The highest BCUT2D eigenvalue weighted by Gasteiger charge is 2.20. The monoisotopic (exact) mass is 302 g/mol. The second kappa shape index (κ2) is 6.70. The van der Waals surface area contributed by atoms with E-state index in [2.05, 4.69) is 15.3 Å². The van der Waals surface area contributed by atoms with Crippen LogP contribution in [0.15, 0.2) is 30.3 Å². The fourth-order valence-corrected chi connectivity index (χ4v) is 2.58. The van der Waals surface area contributed by atoms with Crippen molar-refractivity contribution in [3.05, 3.63) is 47.4 Å². The molecule has 2 heterocycles. The van der Waals surface area contributed by atoms with Gasteiger partial charge in [0.25, 0.3) is 0 Å². The molecule has 3 rings (SSSR count). The van der Waals surface area contributed by atoms with E-state index in [1.54, 1.807) is 12.1 Å². The van der Waals surface area contributed by atoms with E-state index in [1.807, 2.05) is 12.1 Å². The molecule has 1 fully saturated rings. The van der Waals surface area contributed by atoms with Crippen LogP contribution in [0.2, 0.25) is 0 Å². The molecule has 1 unspecified atom stereocenters. The van der Waals surface area contributed by atoms with E-state index in [9.17, 15) is 4.39 Å². The molecule has 0 amide bonds. The van der Waals surface area contributed by atoms with E-state index in [4.69, 9.17) is 10.5 Å². The minimum absolute atomic E-state index is 0.185. The molecule has 0 radical (unpaired) electrons. The molecule has 5 nitrogen and oxygen atoms in total. The summed E-state index contributed by atoms with van der Waals surface area (Å²) >= 11 is 0. The van der Waals surface area contributed by atoms with Gasteiger partial charge in [0.05, 0.1) is 12.3 Å². The van der Waals surface area contributed by atoms with E-state index < -0.39 is 0 Å². The largest absolute Gasteiger partial charge is 0.381 e. The maximum absolute atomic E-state index is 13.6. The van der Waals surface area contributed by atoms with Crippen LogP contribution in [0.4, 0.5) is 16.2 Å². The number of aromatic nitrogens is 2. The number of anilines is 2. The Morgan fingerprint density at radius 1 is 1.32 bits per heavy atom. The molecule has 0 aliphatic carbocycles. The summed E-state index contributed by atoms with van der Waals surface area (Å²) in [5.74, 6) is 1.01. The Morgan fingerprint density at radius 3 is 2.95 bits per heavy atom. The van der Waals surface area contributed by atoms with Crippen molar-refractivity contribution in [2.45, 2.75) is 18.8 Å². The molecule has 116 valence electrons. The van der Waals surface area contributed by atoms with E-state index in [0.29, 0.717) is 31.0 Å². The van der Waals surface area contributed by atoms with Crippen LogP contribution in [0.5, 0.6) is 0 Å². The van der Waals surface area contributed by atoms with Crippen LogP contribution in [0.3, 0.4) is 0 Å². The third-order valence-electron chi connectivity index (χ3n) is 3.77. The lowest BCUT2D eigenvalue weighted by Gasteiger charge is -2.11. The number of hydrogen-bond donors (Lipinski definition) is 2. The summed E-state index contributed by atoms with van der Waals surface area (Å²) < 4.78 is 18.9. The normalized spacial score (nSPS) is 17.6. The summed E-state index contributed by atoms with van der Waals surface area (Å²) in [6.07, 6.45) is 1.53. The van der Waals surface area contributed by atoms with Gasteiger partial charge in [0, 0.05) is 25.1 Å². The number of rotatable bonds is 5. The number of nitrogen functional groups attached to an aromatic ring is 1. The molecule has 6 heteroatoms. The minimum atomic E-state index is -0.185. The van der Waals surface area contributed by atoms with Gasteiger partial charge in [-0.2, -0.15) is 4.98 Å². The molecular weight excluding hydrogens is 283 g/mol. The number of benzene rings is 1. The number of nitrogens with one attached hydrogen (secondary N) is 1. The summed E-state index contributed by atoms with van der Waals surface area (Å²) in [5.41, 5.74) is 7.35. The third-order valence-corrected chi connectivity index (χ3v) is 3.77. The first-order valence-electron chi connectivity index (χ1n) is 7.42. The average Bonchev–Trinajstić information content (AvgIpc) is 3.03. The van der Waals surface area contributed by atoms with Crippen LogP contribution in [-0.4, -0.2) is 29.7 Å². The van der Waals surface area contributed by atoms with Crippen LogP contribution >= 0.6 is 0 Å². The van der Waals surface area contributed by atoms with Crippen LogP contribution in [0, 0.1) is 5.82 Å². The van der Waals surface area contributed by atoms with Crippen molar-refractivity contribution in [1.82, 2.24) is 9.97 Å². The highest BCUT2D eigenvalue weighted by atomic mass is 19.1. The Bertz CT molecular complexity index is 644. The topological polar surface area (TPSA) is 73.1 Å². The van der Waals surface area contributed by atoms with Gasteiger partial charge >= 0.3 is 0 Å². The van der Waals surface area contributed by atoms with Crippen molar-refractivity contribution >= 4 is 11.8 Å². The molecule has 0 saturated carbocycles. The molecule has 1 aromatic carbocycles. The molecule has 1 aromatic heterocycles. The first-order chi connectivity index (χ1) is 10.7. The first-order valence-corrected chi connectivity index (χ1v) is 7.42. The second-order valence-electron chi connectivity index (χ2n) is 5.36. The van der Waals surface area contributed by atoms with Crippen LogP contribution in [0.1, 0.15) is 23.6 Å². The lowest BCUT2D eigenvalue weighted by atomic mass is 10.0. The quantitative estimate of drug-likeness (QED) is 0.887. The van der Waals surface area contributed by atoms with Gasteiger partial charge < -0.3 is 15.8 Å². The lowest BCUT2D eigenvalue weighted by molar-refractivity contribution is 0.193. The fraction of sp³-hybridized carbons (Fsp3) is 0.375. The van der Waals surface area contributed by atoms with Gasteiger partial charge in [-0.3, -0.25) is 0 Å². The number of nitrogens with two attached hydrogens (primary N) is 1. The Labute approximate surface area is 128 Å². The molecule has 1 saturated heterocycles. The molecule has 3 N–H and O–H groups in total. The van der Waals surface area contributed by atoms with Crippen LogP contribution in [0.25, 0.3) is 0 Å². The number of nitrogens with zero attached hydrogens (tertiary/aromatic N) is 2. The van der Waals surface area contributed by atoms with E-state index in [1.165, 1.54) is 6.07 Å². The van der Waals surface area contributed by atoms with Gasteiger partial charge in [-0.15, -0.1) is 0 Å². The van der Waals surface area contributed by atoms with Crippen LogP contribution in [-0.2, 0) is 11.2 Å². The van der Waals surface area contributed by atoms with Gasteiger partial charge in [-0.1, -0.05) is 18.2 Å². The van der Waals surface area contributed by atoms with Crippen LogP contribution < -0.4 is 11.1 Å². The zero-order valence-electron chi connectivity index (χ0n) is 12.3. The summed E-state index contributed by atoms with van der Waals surface area (Å²) in [7, 11) is 0. The van der Waals surface area contributed by atoms with Crippen molar-refractivity contribution in [2.24, 2.45) is 0 Å². The average molecular weight is 302 g/mol. The molecule has 0 spiro atoms. The predicted molar refractivity (Wildman–Crippen MR) is 83.2 cm³/mol. The number of ether oxygens (including phenoxy) is 1. The van der Waals surface area contributed by atoms with Gasteiger partial charge in [-0.25, -0.2) is 9.37 Å². The fourth-order valence-electron chi connectivity index (χ4n) is 2.58. The summed E-state index contributed by atoms with van der Waals surface area (Å²) in [6.45, 7) is 2.01. The van der Waals surface area contributed by atoms with E-state index >= 15 is 0 Å². The first kappa shape index (κ1) is 14.7. The van der Waals surface area contributed by atoms with Crippen molar-refractivity contribution in [3.63, 3.8) is 0 Å². The SMILES string of the molecule is Nc1nc(NCCc2ccccc2F)cc(C2CCOC2)n1. The summed E-state index contributed by atoms with van der Waals surface area (Å²) in [6, 6.07) is 8.67. The summed E-state index contributed by atoms with van der Waals surface area (Å²) in [5, 5.41) is 3.19. The van der Waals surface area contributed by atoms with Crippen molar-refractivity contribution in [2.75, 3.05) is 30.8 Å². The zero-order chi connectivity index (χ0) is 15.4. The van der Waals surface area contributed by atoms with E-state index in [0.717, 1.165) is 18.7 Å². The van der Waals surface area contributed by atoms with Gasteiger partial charge in [0.15, 0.2) is 0 Å². The Kier molecular flexibility index (Phi) is 4.48. The second-order valence-corrected chi connectivity index (χ2v) is 5.36. The Morgan fingerprint density at radius 2 is 2.18 bits per heavy atom. The molecule has 1 aliphatic heterocycles. The Balaban J connectivity index is 1.63. The van der Waals surface area contributed by atoms with Crippen molar-refractivity contribution in [3.8, 4) is 0 Å². The number of hydrogen-bond acceptors (Lipinski definition) is 5. The highest BCUT2D eigenvalue weighted by Crippen LogP contribution is 2.25. The Hall–Kier alpha value is -2.21. The predicted octanol–water partition coefficient (Wildman–Crippen LogP) is 2.36. The smallest absolute Gasteiger partial charge is 0.222 e. The standard InChI is InChI=1S/C16H19FN4O/c17-13-4-2-1-3-11(13)5-7-19-15-9-14(20-16(18)21-15)12-6-8-22-10-12/h1-4,9,12H,5-8,10H2,(H3,18,19,20,21). The summed E-state index contributed by atoms with van der Waals surface area (Å²) in [4.78, 5) is 8.46. The lowest BCUT2D eigenvalue weighted by Crippen LogP contribution is -2.11. The third kappa shape index (κ3) is 3.51. The maximum Gasteiger partial charge on any atom is 0.222 e. The van der Waals surface area contributed by atoms with E-state index in [-0.39, 0.29) is 17.7 Å². The van der Waals surface area contributed by atoms with Gasteiger partial charge in [-0.05, 0) is 24.5 Å². The maximum atomic E-state index is 13.6. The van der Waals surface area contributed by atoms with Gasteiger partial charge in [0.2, 0.25) is 5.95 Å². The molecule has 2 aromatic rings. The molecular formula is C16H19FN4O.